The lowest BCUT2D eigenvalue weighted by Crippen LogP contribution is -2.24. The zero-order chi connectivity index (χ0) is 15.1. The summed E-state index contributed by atoms with van der Waals surface area (Å²) in [7, 11) is 1.53. The number of para-hydroxylation sites is 1. The lowest BCUT2D eigenvalue weighted by atomic mass is 10.2. The first-order valence-corrected chi connectivity index (χ1v) is 6.75. The van der Waals surface area contributed by atoms with Gasteiger partial charge >= 0.3 is 0 Å². The SMILES string of the molecule is COc1ccccc1C(=O)NCC#Cc1ccccc1Cl. The highest BCUT2D eigenvalue weighted by Crippen LogP contribution is 2.16. The smallest absolute Gasteiger partial charge is 0.255 e. The van der Waals surface area contributed by atoms with Crippen LogP contribution in [0, 0.1) is 11.8 Å². The number of nitrogens with one attached hydrogen (secondary N) is 1. The van der Waals surface area contributed by atoms with E-state index in [1.165, 1.54) is 7.11 Å². The fourth-order valence-electron chi connectivity index (χ4n) is 1.75. The molecule has 0 aliphatic carbocycles. The molecule has 4 heteroatoms. The molecule has 2 aromatic carbocycles. The quantitative estimate of drug-likeness (QED) is 0.884. The molecule has 1 N–H and O–H groups in total. The molecule has 0 fully saturated rings. The fourth-order valence-corrected chi connectivity index (χ4v) is 1.94. The monoisotopic (exact) mass is 299 g/mol. The number of amides is 1. The van der Waals surface area contributed by atoms with E-state index in [4.69, 9.17) is 16.3 Å². The number of carbonyl (C=O) groups is 1. The van der Waals surface area contributed by atoms with Gasteiger partial charge in [-0.25, -0.2) is 0 Å². The number of rotatable bonds is 3. The highest BCUT2D eigenvalue weighted by atomic mass is 35.5. The number of carbonyl (C=O) groups excluding carboxylic acids is 1. The molecular formula is C17H14ClNO2. The summed E-state index contributed by atoms with van der Waals surface area (Å²) < 4.78 is 5.14. The van der Waals surface area contributed by atoms with E-state index >= 15 is 0 Å². The average Bonchev–Trinajstić information content (AvgIpc) is 2.52. The Morgan fingerprint density at radius 3 is 2.67 bits per heavy atom. The maximum absolute atomic E-state index is 12.0. The van der Waals surface area contributed by atoms with Gasteiger partial charge < -0.3 is 10.1 Å². The van der Waals surface area contributed by atoms with Crippen LogP contribution in [0.4, 0.5) is 0 Å². The Morgan fingerprint density at radius 2 is 1.90 bits per heavy atom. The molecule has 0 aromatic heterocycles. The summed E-state index contributed by atoms with van der Waals surface area (Å²) in [6, 6.07) is 14.4. The Labute approximate surface area is 128 Å². The van der Waals surface area contributed by atoms with Crippen LogP contribution >= 0.6 is 11.6 Å². The van der Waals surface area contributed by atoms with Crippen molar-refractivity contribution < 1.29 is 9.53 Å². The third-order valence-corrected chi connectivity index (χ3v) is 3.12. The van der Waals surface area contributed by atoms with E-state index in [1.54, 1.807) is 24.3 Å². The predicted octanol–water partition coefficient (Wildman–Crippen LogP) is 3.13. The van der Waals surface area contributed by atoms with E-state index in [2.05, 4.69) is 17.2 Å². The zero-order valence-electron chi connectivity index (χ0n) is 11.5. The van der Waals surface area contributed by atoms with E-state index in [0.29, 0.717) is 16.3 Å². The first-order chi connectivity index (χ1) is 10.2. The van der Waals surface area contributed by atoms with Crippen molar-refractivity contribution in [3.8, 4) is 17.6 Å². The number of benzene rings is 2. The molecule has 0 aliphatic heterocycles. The van der Waals surface area contributed by atoms with Gasteiger partial charge in [0.25, 0.3) is 5.91 Å². The van der Waals surface area contributed by atoms with Crippen molar-refractivity contribution >= 4 is 17.5 Å². The minimum Gasteiger partial charge on any atom is -0.496 e. The Balaban J connectivity index is 1.98. The van der Waals surface area contributed by atoms with Gasteiger partial charge in [-0.3, -0.25) is 4.79 Å². The Bertz CT molecular complexity index is 701. The standard InChI is InChI=1S/C17H14ClNO2/c1-21-16-11-5-3-9-14(16)17(20)19-12-6-8-13-7-2-4-10-15(13)18/h2-5,7,9-11H,12H2,1H3,(H,19,20). The minimum atomic E-state index is -0.221. The highest BCUT2D eigenvalue weighted by Gasteiger charge is 2.09. The van der Waals surface area contributed by atoms with Gasteiger partial charge in [-0.05, 0) is 24.3 Å². The molecule has 0 spiro atoms. The van der Waals surface area contributed by atoms with E-state index < -0.39 is 0 Å². The Hall–Kier alpha value is -2.44. The molecule has 0 heterocycles. The zero-order valence-corrected chi connectivity index (χ0v) is 12.3. The topological polar surface area (TPSA) is 38.3 Å². The van der Waals surface area contributed by atoms with Crippen LogP contribution in [0.2, 0.25) is 5.02 Å². The summed E-state index contributed by atoms with van der Waals surface area (Å²) in [6.45, 7) is 0.238. The van der Waals surface area contributed by atoms with Crippen molar-refractivity contribution in [3.63, 3.8) is 0 Å². The van der Waals surface area contributed by atoms with Crippen molar-refractivity contribution in [3.05, 3.63) is 64.7 Å². The lowest BCUT2D eigenvalue weighted by molar-refractivity contribution is 0.0955. The summed E-state index contributed by atoms with van der Waals surface area (Å²) >= 11 is 5.99. The second kappa shape index (κ2) is 7.37. The molecule has 3 nitrogen and oxygen atoms in total. The molecule has 0 atom stereocenters. The van der Waals surface area contributed by atoms with Gasteiger partial charge in [-0.1, -0.05) is 47.7 Å². The summed E-state index contributed by atoms with van der Waals surface area (Å²) in [6.07, 6.45) is 0. The summed E-state index contributed by atoms with van der Waals surface area (Å²) in [5.41, 5.74) is 1.23. The van der Waals surface area contributed by atoms with Crippen LogP contribution in [-0.2, 0) is 0 Å². The first kappa shape index (κ1) is 15.0. The van der Waals surface area contributed by atoms with Gasteiger partial charge in [0.05, 0.1) is 24.2 Å². The third-order valence-electron chi connectivity index (χ3n) is 2.79. The van der Waals surface area contributed by atoms with Crippen LogP contribution in [-0.4, -0.2) is 19.6 Å². The molecule has 0 radical (unpaired) electrons. The fraction of sp³-hybridized carbons (Fsp3) is 0.118. The lowest BCUT2D eigenvalue weighted by Gasteiger charge is -2.06. The Morgan fingerprint density at radius 1 is 1.19 bits per heavy atom. The van der Waals surface area contributed by atoms with Crippen molar-refractivity contribution in [1.82, 2.24) is 5.32 Å². The molecule has 106 valence electrons. The molecule has 21 heavy (non-hydrogen) atoms. The highest BCUT2D eigenvalue weighted by molar-refractivity contribution is 6.31. The van der Waals surface area contributed by atoms with E-state index in [-0.39, 0.29) is 12.5 Å². The maximum atomic E-state index is 12.0. The van der Waals surface area contributed by atoms with Crippen LogP contribution in [0.5, 0.6) is 5.75 Å². The number of ether oxygens (including phenoxy) is 1. The van der Waals surface area contributed by atoms with Crippen LogP contribution in [0.3, 0.4) is 0 Å². The Kier molecular flexibility index (Phi) is 5.25. The first-order valence-electron chi connectivity index (χ1n) is 6.37. The van der Waals surface area contributed by atoms with Crippen molar-refractivity contribution in [2.24, 2.45) is 0 Å². The molecule has 0 bridgehead atoms. The van der Waals surface area contributed by atoms with E-state index in [0.717, 1.165) is 5.56 Å². The molecule has 2 rings (SSSR count). The van der Waals surface area contributed by atoms with Crippen LogP contribution in [0.15, 0.2) is 48.5 Å². The van der Waals surface area contributed by atoms with E-state index in [9.17, 15) is 4.79 Å². The van der Waals surface area contributed by atoms with Crippen LogP contribution in [0.25, 0.3) is 0 Å². The van der Waals surface area contributed by atoms with Gasteiger partial charge in [0.1, 0.15) is 5.75 Å². The predicted molar refractivity (Wildman–Crippen MR) is 83.7 cm³/mol. The average molecular weight is 300 g/mol. The van der Waals surface area contributed by atoms with Gasteiger partial charge in [-0.15, -0.1) is 0 Å². The molecule has 2 aromatic rings. The molecule has 1 amide bonds. The van der Waals surface area contributed by atoms with Crippen molar-refractivity contribution in [1.29, 1.82) is 0 Å². The molecule has 0 saturated carbocycles. The van der Waals surface area contributed by atoms with Gasteiger partial charge in [0, 0.05) is 5.56 Å². The van der Waals surface area contributed by atoms with Gasteiger partial charge in [0.2, 0.25) is 0 Å². The number of methoxy groups -OCH3 is 1. The molecule has 0 saturated heterocycles. The number of halogens is 1. The normalized spacial score (nSPS) is 9.43. The summed E-state index contributed by atoms with van der Waals surface area (Å²) in [5, 5.41) is 3.33. The second-order valence-electron chi connectivity index (χ2n) is 4.16. The van der Waals surface area contributed by atoms with Crippen molar-refractivity contribution in [2.75, 3.05) is 13.7 Å². The number of hydrogen-bond acceptors (Lipinski definition) is 2. The van der Waals surface area contributed by atoms with Gasteiger partial charge in [0.15, 0.2) is 0 Å². The van der Waals surface area contributed by atoms with Gasteiger partial charge in [-0.2, -0.15) is 0 Å². The third kappa shape index (κ3) is 4.01. The van der Waals surface area contributed by atoms with Crippen LogP contribution in [0.1, 0.15) is 15.9 Å². The summed E-state index contributed by atoms with van der Waals surface area (Å²) in [5.74, 6) is 6.11. The molecule has 0 unspecified atom stereocenters. The second-order valence-corrected chi connectivity index (χ2v) is 4.57. The molecule has 0 aliphatic rings. The maximum Gasteiger partial charge on any atom is 0.255 e. The van der Waals surface area contributed by atoms with Crippen molar-refractivity contribution in [2.45, 2.75) is 0 Å². The number of hydrogen-bond donors (Lipinski definition) is 1. The van der Waals surface area contributed by atoms with E-state index in [1.807, 2.05) is 24.3 Å². The summed E-state index contributed by atoms with van der Waals surface area (Å²) in [4.78, 5) is 12.0. The largest absolute Gasteiger partial charge is 0.496 e. The minimum absolute atomic E-state index is 0.221. The molecular weight excluding hydrogens is 286 g/mol. The van der Waals surface area contributed by atoms with Crippen LogP contribution < -0.4 is 10.1 Å².